The molecular formula is C15H14N2O2S2. The van der Waals surface area contributed by atoms with Crippen molar-refractivity contribution in [3.63, 3.8) is 0 Å². The van der Waals surface area contributed by atoms with Gasteiger partial charge in [0.15, 0.2) is 0 Å². The number of hydrogen-bond acceptors (Lipinski definition) is 5. The first-order chi connectivity index (χ1) is 10.1. The Bertz CT molecular complexity index is 710. The number of fused-ring (bicyclic) bond motifs is 1. The summed E-state index contributed by atoms with van der Waals surface area (Å²) in [5.74, 6) is 5.09. The predicted molar refractivity (Wildman–Crippen MR) is 86.0 cm³/mol. The molecule has 1 aromatic heterocycles. The highest BCUT2D eigenvalue weighted by molar-refractivity contribution is 8.00. The highest BCUT2D eigenvalue weighted by Crippen LogP contribution is 2.42. The first kappa shape index (κ1) is 14.2. The lowest BCUT2D eigenvalue weighted by Gasteiger charge is -2.33. The topological polar surface area (TPSA) is 66.6 Å². The monoisotopic (exact) mass is 318 g/mol. The Kier molecular flexibility index (Phi) is 3.75. The Hall–Kier alpha value is -1.76. The zero-order valence-electron chi connectivity index (χ0n) is 11.3. The summed E-state index contributed by atoms with van der Waals surface area (Å²) in [6.45, 7) is 0. The normalized spacial score (nSPS) is 17.3. The minimum atomic E-state index is -1.01. The number of aliphatic carboxylic acids is 1. The van der Waals surface area contributed by atoms with Gasteiger partial charge in [0.25, 0.3) is 0 Å². The fourth-order valence-corrected chi connectivity index (χ4v) is 4.17. The standard InChI is InChI=1S/C15H14N2O2S2/c1-20-13-7-10-12(21-13)8-11(15(18)19)17(16)14(10)9-5-3-2-4-6-9/h2-8,14H,16H2,1H3,(H,18,19). The number of carboxylic acids is 1. The van der Waals surface area contributed by atoms with Crippen LogP contribution in [0.15, 0.2) is 46.3 Å². The van der Waals surface area contributed by atoms with Crippen LogP contribution in [0.5, 0.6) is 0 Å². The molecule has 1 atom stereocenters. The van der Waals surface area contributed by atoms with Crippen molar-refractivity contribution in [2.24, 2.45) is 5.84 Å². The molecule has 0 saturated heterocycles. The number of benzene rings is 1. The zero-order valence-corrected chi connectivity index (χ0v) is 12.9. The summed E-state index contributed by atoms with van der Waals surface area (Å²) in [6, 6.07) is 11.6. The van der Waals surface area contributed by atoms with Crippen LogP contribution in [0.25, 0.3) is 6.08 Å². The molecule has 0 radical (unpaired) electrons. The van der Waals surface area contributed by atoms with Crippen molar-refractivity contribution in [3.05, 3.63) is 58.1 Å². The van der Waals surface area contributed by atoms with E-state index in [1.807, 2.05) is 36.6 Å². The largest absolute Gasteiger partial charge is 0.477 e. The summed E-state index contributed by atoms with van der Waals surface area (Å²) >= 11 is 3.25. The van der Waals surface area contributed by atoms with Gasteiger partial charge in [0, 0.05) is 4.88 Å². The maximum Gasteiger partial charge on any atom is 0.353 e. The number of hydrazine groups is 1. The van der Waals surface area contributed by atoms with E-state index in [4.69, 9.17) is 5.84 Å². The number of nitrogens with zero attached hydrogens (tertiary/aromatic N) is 1. The second-order valence-corrected chi connectivity index (χ2v) is 6.83. The fraction of sp³-hybridized carbons (Fsp3) is 0.133. The molecule has 0 fully saturated rings. The molecule has 1 aromatic carbocycles. The average molecular weight is 318 g/mol. The molecular weight excluding hydrogens is 304 g/mol. The third kappa shape index (κ3) is 2.46. The number of thiophene rings is 1. The van der Waals surface area contributed by atoms with Gasteiger partial charge in [-0.2, -0.15) is 0 Å². The van der Waals surface area contributed by atoms with Crippen molar-refractivity contribution in [3.8, 4) is 0 Å². The van der Waals surface area contributed by atoms with Crippen LogP contribution < -0.4 is 5.84 Å². The van der Waals surface area contributed by atoms with E-state index in [1.54, 1.807) is 29.2 Å². The lowest BCUT2D eigenvalue weighted by molar-refractivity contribution is -0.134. The van der Waals surface area contributed by atoms with Gasteiger partial charge in [-0.05, 0) is 29.5 Å². The van der Waals surface area contributed by atoms with Crippen LogP contribution in [0.2, 0.25) is 0 Å². The summed E-state index contributed by atoms with van der Waals surface area (Å²) in [7, 11) is 0. The summed E-state index contributed by atoms with van der Waals surface area (Å²) in [5.41, 5.74) is 2.16. The second-order valence-electron chi connectivity index (χ2n) is 4.64. The number of carbonyl (C=O) groups is 1. The number of thioether (sulfide) groups is 1. The Morgan fingerprint density at radius 2 is 2.10 bits per heavy atom. The van der Waals surface area contributed by atoms with E-state index >= 15 is 0 Å². The predicted octanol–water partition coefficient (Wildman–Crippen LogP) is 3.17. The van der Waals surface area contributed by atoms with E-state index in [0.717, 1.165) is 20.2 Å². The van der Waals surface area contributed by atoms with Gasteiger partial charge in [-0.25, -0.2) is 10.6 Å². The van der Waals surface area contributed by atoms with Crippen LogP contribution in [-0.2, 0) is 4.79 Å². The molecule has 1 unspecified atom stereocenters. The van der Waals surface area contributed by atoms with E-state index in [2.05, 4.69) is 6.07 Å². The van der Waals surface area contributed by atoms with Gasteiger partial charge in [0.05, 0.1) is 10.3 Å². The SMILES string of the molecule is CSc1cc2c(s1)C=C(C(=O)O)N(N)C2c1ccccc1. The van der Waals surface area contributed by atoms with Crippen molar-refractivity contribution in [2.45, 2.75) is 10.3 Å². The van der Waals surface area contributed by atoms with Gasteiger partial charge in [0.2, 0.25) is 0 Å². The molecule has 1 aliphatic heterocycles. The summed E-state index contributed by atoms with van der Waals surface area (Å²) < 4.78 is 1.15. The average Bonchev–Trinajstić information content (AvgIpc) is 2.90. The van der Waals surface area contributed by atoms with Crippen LogP contribution in [0.1, 0.15) is 22.0 Å². The molecule has 2 aromatic rings. The number of nitrogens with two attached hydrogens (primary N) is 1. The maximum atomic E-state index is 11.4. The summed E-state index contributed by atoms with van der Waals surface area (Å²) in [6.07, 6.45) is 3.67. The third-order valence-electron chi connectivity index (χ3n) is 3.42. The maximum absolute atomic E-state index is 11.4. The zero-order chi connectivity index (χ0) is 15.0. The van der Waals surface area contributed by atoms with Crippen LogP contribution in [0.4, 0.5) is 0 Å². The molecule has 3 N–H and O–H groups in total. The molecule has 3 rings (SSSR count). The van der Waals surface area contributed by atoms with Gasteiger partial charge in [-0.1, -0.05) is 30.3 Å². The Balaban J connectivity index is 2.17. The molecule has 0 aliphatic carbocycles. The minimum absolute atomic E-state index is 0.117. The summed E-state index contributed by atoms with van der Waals surface area (Å²) in [4.78, 5) is 12.4. The van der Waals surface area contributed by atoms with Crippen molar-refractivity contribution < 1.29 is 9.90 Å². The number of rotatable bonds is 3. The molecule has 2 heterocycles. The van der Waals surface area contributed by atoms with Crippen molar-refractivity contribution in [1.29, 1.82) is 0 Å². The Labute approximate surface area is 130 Å². The van der Waals surface area contributed by atoms with Crippen LogP contribution in [0, 0.1) is 0 Å². The fourth-order valence-electron chi connectivity index (χ4n) is 2.46. The molecule has 0 bridgehead atoms. The third-order valence-corrected chi connectivity index (χ3v) is 5.59. The Morgan fingerprint density at radius 1 is 1.38 bits per heavy atom. The molecule has 0 spiro atoms. The molecule has 6 heteroatoms. The van der Waals surface area contributed by atoms with Crippen molar-refractivity contribution in [2.75, 3.05) is 6.26 Å². The first-order valence-electron chi connectivity index (χ1n) is 6.33. The van der Waals surface area contributed by atoms with E-state index in [-0.39, 0.29) is 11.7 Å². The quantitative estimate of drug-likeness (QED) is 0.672. The smallest absolute Gasteiger partial charge is 0.353 e. The van der Waals surface area contributed by atoms with Gasteiger partial charge >= 0.3 is 5.97 Å². The molecule has 21 heavy (non-hydrogen) atoms. The number of hydrogen-bond donors (Lipinski definition) is 2. The van der Waals surface area contributed by atoms with Crippen LogP contribution in [0.3, 0.4) is 0 Å². The van der Waals surface area contributed by atoms with Crippen molar-refractivity contribution >= 4 is 35.1 Å². The van der Waals surface area contributed by atoms with Gasteiger partial charge < -0.3 is 5.11 Å². The van der Waals surface area contributed by atoms with E-state index in [9.17, 15) is 9.90 Å². The molecule has 1 aliphatic rings. The molecule has 4 nitrogen and oxygen atoms in total. The van der Waals surface area contributed by atoms with Crippen LogP contribution >= 0.6 is 23.1 Å². The Morgan fingerprint density at radius 3 is 2.71 bits per heavy atom. The van der Waals surface area contributed by atoms with E-state index in [0.29, 0.717) is 0 Å². The first-order valence-corrected chi connectivity index (χ1v) is 8.37. The van der Waals surface area contributed by atoms with E-state index in [1.165, 1.54) is 5.01 Å². The van der Waals surface area contributed by atoms with E-state index < -0.39 is 5.97 Å². The molecule has 0 amide bonds. The molecule has 0 saturated carbocycles. The van der Waals surface area contributed by atoms with Crippen LogP contribution in [-0.4, -0.2) is 22.3 Å². The van der Waals surface area contributed by atoms with Gasteiger partial charge in [0.1, 0.15) is 5.70 Å². The lowest BCUT2D eigenvalue weighted by atomic mass is 9.95. The number of carboxylic acid groups (broad SMARTS) is 1. The minimum Gasteiger partial charge on any atom is -0.477 e. The molecule has 108 valence electrons. The van der Waals surface area contributed by atoms with Gasteiger partial charge in [-0.15, -0.1) is 23.1 Å². The summed E-state index contributed by atoms with van der Waals surface area (Å²) in [5, 5.41) is 10.7. The lowest BCUT2D eigenvalue weighted by Crippen LogP contribution is -2.39. The van der Waals surface area contributed by atoms with Gasteiger partial charge in [-0.3, -0.25) is 5.01 Å². The van der Waals surface area contributed by atoms with Crippen molar-refractivity contribution in [1.82, 2.24) is 5.01 Å². The highest BCUT2D eigenvalue weighted by Gasteiger charge is 2.32. The second kappa shape index (κ2) is 5.55. The highest BCUT2D eigenvalue weighted by atomic mass is 32.2.